The lowest BCUT2D eigenvalue weighted by Gasteiger charge is -2.27. The van der Waals surface area contributed by atoms with Crippen molar-refractivity contribution < 1.29 is 9.53 Å². The minimum atomic E-state index is 0.0667. The first-order valence-electron chi connectivity index (χ1n) is 13.0. The summed E-state index contributed by atoms with van der Waals surface area (Å²) in [6, 6.07) is 8.87. The van der Waals surface area contributed by atoms with Crippen molar-refractivity contribution in [2.75, 3.05) is 11.9 Å². The molecule has 4 rings (SSSR count). The second kappa shape index (κ2) is 10.8. The van der Waals surface area contributed by atoms with E-state index in [0.29, 0.717) is 11.8 Å². The maximum atomic E-state index is 12.8. The molecule has 1 saturated heterocycles. The summed E-state index contributed by atoms with van der Waals surface area (Å²) >= 11 is 0. The van der Waals surface area contributed by atoms with E-state index >= 15 is 0 Å². The average Bonchev–Trinajstić information content (AvgIpc) is 3.13. The minimum Gasteiger partial charge on any atom is -0.378 e. The van der Waals surface area contributed by atoms with Crippen LogP contribution >= 0.6 is 0 Å². The molecule has 0 aromatic heterocycles. The monoisotopic (exact) mass is 448 g/mol. The molecule has 2 aliphatic carbocycles. The van der Waals surface area contributed by atoms with Gasteiger partial charge in [0, 0.05) is 35.4 Å². The van der Waals surface area contributed by atoms with Crippen molar-refractivity contribution in [2.24, 2.45) is 16.8 Å². The van der Waals surface area contributed by atoms with E-state index in [4.69, 9.17) is 9.73 Å². The van der Waals surface area contributed by atoms with Gasteiger partial charge < -0.3 is 10.1 Å². The summed E-state index contributed by atoms with van der Waals surface area (Å²) in [6.07, 6.45) is 10.4. The van der Waals surface area contributed by atoms with Crippen LogP contribution < -0.4 is 5.32 Å². The fourth-order valence-electron chi connectivity index (χ4n) is 5.67. The molecule has 4 nitrogen and oxygen atoms in total. The van der Waals surface area contributed by atoms with Crippen LogP contribution in [0.25, 0.3) is 0 Å². The molecule has 1 saturated carbocycles. The number of anilines is 1. The smallest absolute Gasteiger partial charge is 0.162 e. The number of ketones is 1. The van der Waals surface area contributed by atoms with Gasteiger partial charge in [0.15, 0.2) is 5.78 Å². The number of rotatable bonds is 6. The number of allylic oxidation sites excluding steroid dienone is 2. The number of nitrogens with zero attached hydrogens (tertiary/aromatic N) is 1. The summed E-state index contributed by atoms with van der Waals surface area (Å²) in [5.41, 5.74) is 5.25. The molecule has 3 atom stereocenters. The Morgan fingerprint density at radius 3 is 2.52 bits per heavy atom. The first-order chi connectivity index (χ1) is 16.0. The Hall–Kier alpha value is -2.20. The van der Waals surface area contributed by atoms with Crippen molar-refractivity contribution in [2.45, 2.75) is 90.6 Å². The Morgan fingerprint density at radius 2 is 1.88 bits per heavy atom. The predicted molar refractivity (Wildman–Crippen MR) is 137 cm³/mol. The summed E-state index contributed by atoms with van der Waals surface area (Å²) in [4.78, 5) is 17.8. The topological polar surface area (TPSA) is 50.7 Å². The highest BCUT2D eigenvalue weighted by Gasteiger charge is 2.32. The second-order valence-electron chi connectivity index (χ2n) is 10.2. The highest BCUT2D eigenvalue weighted by Crippen LogP contribution is 2.35. The molecule has 1 heterocycles. The van der Waals surface area contributed by atoms with Crippen molar-refractivity contribution in [1.82, 2.24) is 0 Å². The first kappa shape index (κ1) is 23.9. The summed E-state index contributed by atoms with van der Waals surface area (Å²) in [7, 11) is 0. The van der Waals surface area contributed by atoms with Crippen molar-refractivity contribution in [3.8, 4) is 0 Å². The number of nitrogens with one attached hydrogen (secondary N) is 1. The zero-order valence-electron chi connectivity index (χ0n) is 20.7. The predicted octanol–water partition coefficient (Wildman–Crippen LogP) is 7.19. The molecule has 1 aromatic rings. The van der Waals surface area contributed by atoms with E-state index in [1.165, 1.54) is 37.7 Å². The molecule has 3 aliphatic rings. The van der Waals surface area contributed by atoms with Gasteiger partial charge in [0.05, 0.1) is 6.10 Å². The third-order valence-electron chi connectivity index (χ3n) is 7.88. The number of aliphatic imine (C=N–C) groups is 1. The molecule has 1 aliphatic heterocycles. The minimum absolute atomic E-state index is 0.0667. The van der Waals surface area contributed by atoms with Gasteiger partial charge in [-0.1, -0.05) is 44.9 Å². The van der Waals surface area contributed by atoms with Crippen LogP contribution in [0.4, 0.5) is 5.69 Å². The largest absolute Gasteiger partial charge is 0.378 e. The molecular weight excluding hydrogens is 408 g/mol. The van der Waals surface area contributed by atoms with Gasteiger partial charge in [0.2, 0.25) is 0 Å². The van der Waals surface area contributed by atoms with E-state index in [0.717, 1.165) is 60.7 Å². The van der Waals surface area contributed by atoms with Gasteiger partial charge in [-0.05, 0) is 81.6 Å². The summed E-state index contributed by atoms with van der Waals surface area (Å²) in [5, 5.41) is 3.58. The van der Waals surface area contributed by atoms with Crippen molar-refractivity contribution in [3.05, 3.63) is 53.3 Å². The van der Waals surface area contributed by atoms with Crippen LogP contribution in [0.5, 0.6) is 0 Å². The zero-order chi connectivity index (χ0) is 23.4. The Morgan fingerprint density at radius 1 is 1.15 bits per heavy atom. The van der Waals surface area contributed by atoms with E-state index in [2.05, 4.69) is 50.0 Å². The van der Waals surface area contributed by atoms with Crippen molar-refractivity contribution >= 4 is 17.3 Å². The summed E-state index contributed by atoms with van der Waals surface area (Å²) in [6.45, 7) is 11.2. The van der Waals surface area contributed by atoms with Crippen LogP contribution in [0.1, 0.15) is 90.0 Å². The molecule has 2 fully saturated rings. The number of ether oxygens (including phenoxy) is 1. The molecule has 0 bridgehead atoms. The quantitative estimate of drug-likeness (QED) is 0.370. The van der Waals surface area contributed by atoms with Crippen molar-refractivity contribution in [1.29, 1.82) is 0 Å². The Balaban J connectivity index is 1.57. The number of Topliss-reactive ketones (excluding diaryl/α,β-unsaturated/α-hetero) is 1. The average molecular weight is 449 g/mol. The highest BCUT2D eigenvalue weighted by molar-refractivity contribution is 6.16. The lowest BCUT2D eigenvalue weighted by Crippen LogP contribution is -2.25. The number of hydrogen-bond acceptors (Lipinski definition) is 3. The van der Waals surface area contributed by atoms with E-state index < -0.39 is 0 Å². The Labute approximate surface area is 199 Å². The van der Waals surface area contributed by atoms with E-state index in [9.17, 15) is 4.79 Å². The van der Waals surface area contributed by atoms with Gasteiger partial charge in [-0.15, -0.1) is 0 Å². The zero-order valence-corrected chi connectivity index (χ0v) is 20.7. The maximum absolute atomic E-state index is 12.8. The Kier molecular flexibility index (Phi) is 7.85. The van der Waals surface area contributed by atoms with Gasteiger partial charge in [-0.3, -0.25) is 4.79 Å². The number of carbonyl (C=O) groups excluding carboxylic acids is 1. The maximum Gasteiger partial charge on any atom is 0.162 e. The third-order valence-corrected chi connectivity index (χ3v) is 7.88. The van der Waals surface area contributed by atoms with Crippen LogP contribution in [0, 0.1) is 11.8 Å². The van der Waals surface area contributed by atoms with Crippen LogP contribution in [0.3, 0.4) is 0 Å². The molecule has 4 heteroatoms. The normalized spacial score (nSPS) is 27.2. The lowest BCUT2D eigenvalue weighted by molar-refractivity contribution is -0.118. The summed E-state index contributed by atoms with van der Waals surface area (Å²) in [5.74, 6) is 2.14. The molecule has 0 radical (unpaired) electrons. The standard InChI is InChI=1S/C29H40N2O2/c1-5-22-18-27(20(3)28(22)32)29(30-21(4)25-15-16-33-19(2)17-25)31-26-13-11-24(12-14-26)23-9-7-6-8-10-23/h11-14,19,22-23,25H,4-10,15-18H2,1-3H3,(H,30,31)/t19-,22?,25?/m1/s1. The Bertz CT molecular complexity index is 921. The molecule has 0 spiro atoms. The van der Waals surface area contributed by atoms with Gasteiger partial charge in [0.25, 0.3) is 0 Å². The van der Waals surface area contributed by atoms with Crippen LogP contribution in [0.15, 0.2) is 52.7 Å². The highest BCUT2D eigenvalue weighted by atomic mass is 16.5. The molecule has 1 N–H and O–H groups in total. The van der Waals surface area contributed by atoms with Crippen LogP contribution in [0.2, 0.25) is 0 Å². The molecule has 1 aromatic carbocycles. The first-order valence-corrected chi connectivity index (χ1v) is 13.0. The number of carbonyl (C=O) groups is 1. The molecular formula is C29H40N2O2. The number of amidine groups is 1. The fraction of sp³-hybridized carbons (Fsp3) is 0.586. The van der Waals surface area contributed by atoms with Crippen LogP contribution in [-0.2, 0) is 9.53 Å². The number of benzene rings is 1. The third kappa shape index (κ3) is 5.66. The van der Waals surface area contributed by atoms with Crippen LogP contribution in [-0.4, -0.2) is 24.3 Å². The number of hydrogen-bond donors (Lipinski definition) is 1. The van der Waals surface area contributed by atoms with Gasteiger partial charge in [-0.2, -0.15) is 0 Å². The molecule has 2 unspecified atom stereocenters. The SMILES string of the molecule is C=C(/N=C(/Nc1ccc(C2CCCCC2)cc1)C1=C(C)C(=O)C(CC)C1)C1CCO[C@H](C)C1. The lowest BCUT2D eigenvalue weighted by atomic mass is 9.84. The molecule has 178 valence electrons. The van der Waals surface area contributed by atoms with E-state index in [1.807, 2.05) is 6.92 Å². The van der Waals surface area contributed by atoms with Gasteiger partial charge in [0.1, 0.15) is 5.84 Å². The fourth-order valence-corrected chi connectivity index (χ4v) is 5.67. The molecule has 0 amide bonds. The van der Waals surface area contributed by atoms with E-state index in [-0.39, 0.29) is 17.8 Å². The van der Waals surface area contributed by atoms with Gasteiger partial charge in [-0.25, -0.2) is 4.99 Å². The van der Waals surface area contributed by atoms with E-state index in [1.54, 1.807) is 0 Å². The molecule has 33 heavy (non-hydrogen) atoms. The van der Waals surface area contributed by atoms with Crippen molar-refractivity contribution in [3.63, 3.8) is 0 Å². The van der Waals surface area contributed by atoms with Gasteiger partial charge >= 0.3 is 0 Å². The second-order valence-corrected chi connectivity index (χ2v) is 10.2. The summed E-state index contributed by atoms with van der Waals surface area (Å²) < 4.78 is 5.72.